The molecular formula is C16H27N3. The van der Waals surface area contributed by atoms with Crippen LogP contribution in [0.5, 0.6) is 0 Å². The standard InChI is InChI=1S/C16H27N3/c1-6-11-19(12-7-2)15-14(9-8-10-17-15)13-18-16(3,4)5/h6,8-10,18H,1,7,11-13H2,2-5H3. The Labute approximate surface area is 117 Å². The maximum Gasteiger partial charge on any atom is 0.133 e. The second-order valence-electron chi connectivity index (χ2n) is 5.82. The molecule has 0 aromatic carbocycles. The zero-order chi connectivity index (χ0) is 14.3. The molecule has 1 aromatic rings. The van der Waals surface area contributed by atoms with E-state index in [-0.39, 0.29) is 5.54 Å². The van der Waals surface area contributed by atoms with Crippen molar-refractivity contribution in [3.8, 4) is 0 Å². The molecule has 0 atom stereocenters. The molecule has 1 N–H and O–H groups in total. The molecule has 0 saturated carbocycles. The molecule has 0 spiro atoms. The maximum absolute atomic E-state index is 4.56. The Kier molecular flexibility index (Phi) is 6.03. The van der Waals surface area contributed by atoms with Crippen LogP contribution in [0.25, 0.3) is 0 Å². The quantitative estimate of drug-likeness (QED) is 0.763. The van der Waals surface area contributed by atoms with E-state index in [1.807, 2.05) is 18.3 Å². The molecule has 0 saturated heterocycles. The summed E-state index contributed by atoms with van der Waals surface area (Å²) in [6, 6.07) is 4.15. The van der Waals surface area contributed by atoms with Gasteiger partial charge in [-0.3, -0.25) is 0 Å². The summed E-state index contributed by atoms with van der Waals surface area (Å²) < 4.78 is 0. The van der Waals surface area contributed by atoms with Crippen LogP contribution in [-0.2, 0) is 6.54 Å². The highest BCUT2D eigenvalue weighted by Crippen LogP contribution is 2.18. The Bertz CT molecular complexity index is 393. The summed E-state index contributed by atoms with van der Waals surface area (Å²) >= 11 is 0. The van der Waals surface area contributed by atoms with Crippen molar-refractivity contribution in [3.63, 3.8) is 0 Å². The van der Waals surface area contributed by atoms with Gasteiger partial charge in [0, 0.05) is 36.9 Å². The highest BCUT2D eigenvalue weighted by molar-refractivity contribution is 5.47. The lowest BCUT2D eigenvalue weighted by atomic mass is 10.1. The molecule has 1 aromatic heterocycles. The lowest BCUT2D eigenvalue weighted by Gasteiger charge is -2.26. The van der Waals surface area contributed by atoms with E-state index in [9.17, 15) is 0 Å². The topological polar surface area (TPSA) is 28.2 Å². The third kappa shape index (κ3) is 5.43. The molecule has 3 nitrogen and oxygen atoms in total. The molecule has 0 radical (unpaired) electrons. The van der Waals surface area contributed by atoms with Crippen LogP contribution in [0.15, 0.2) is 31.0 Å². The molecule has 0 fully saturated rings. The van der Waals surface area contributed by atoms with Gasteiger partial charge in [-0.05, 0) is 33.3 Å². The average molecular weight is 261 g/mol. The van der Waals surface area contributed by atoms with E-state index in [0.29, 0.717) is 0 Å². The van der Waals surface area contributed by atoms with E-state index in [1.165, 1.54) is 5.56 Å². The van der Waals surface area contributed by atoms with Gasteiger partial charge in [0.2, 0.25) is 0 Å². The summed E-state index contributed by atoms with van der Waals surface area (Å²) in [6.45, 7) is 15.2. The Morgan fingerprint density at radius 2 is 2.16 bits per heavy atom. The SMILES string of the molecule is C=CCN(CCC)c1ncccc1CNC(C)(C)C. The van der Waals surface area contributed by atoms with E-state index in [2.05, 4.69) is 55.5 Å². The summed E-state index contributed by atoms with van der Waals surface area (Å²) in [5.41, 5.74) is 1.36. The number of nitrogens with zero attached hydrogens (tertiary/aromatic N) is 2. The third-order valence-electron chi connectivity index (χ3n) is 2.82. The number of nitrogens with one attached hydrogen (secondary N) is 1. The van der Waals surface area contributed by atoms with Crippen molar-refractivity contribution in [1.82, 2.24) is 10.3 Å². The molecular weight excluding hydrogens is 234 g/mol. The van der Waals surface area contributed by atoms with Gasteiger partial charge >= 0.3 is 0 Å². The largest absolute Gasteiger partial charge is 0.353 e. The first-order chi connectivity index (χ1) is 8.98. The Hall–Kier alpha value is -1.35. The Morgan fingerprint density at radius 1 is 1.42 bits per heavy atom. The van der Waals surface area contributed by atoms with E-state index in [4.69, 9.17) is 0 Å². The lowest BCUT2D eigenvalue weighted by Crippen LogP contribution is -2.36. The molecule has 0 amide bonds. The normalized spacial score (nSPS) is 11.4. The summed E-state index contributed by atoms with van der Waals surface area (Å²) in [7, 11) is 0. The number of hydrogen-bond acceptors (Lipinski definition) is 3. The fourth-order valence-corrected chi connectivity index (χ4v) is 1.92. The molecule has 0 unspecified atom stereocenters. The highest BCUT2D eigenvalue weighted by Gasteiger charge is 2.13. The van der Waals surface area contributed by atoms with Crippen molar-refractivity contribution in [1.29, 1.82) is 0 Å². The summed E-state index contributed by atoms with van der Waals surface area (Å²) in [6.07, 6.45) is 4.91. The molecule has 1 heterocycles. The zero-order valence-corrected chi connectivity index (χ0v) is 12.7. The second kappa shape index (κ2) is 7.29. The van der Waals surface area contributed by atoms with Gasteiger partial charge in [0.15, 0.2) is 0 Å². The Morgan fingerprint density at radius 3 is 2.74 bits per heavy atom. The van der Waals surface area contributed by atoms with E-state index in [0.717, 1.165) is 31.9 Å². The van der Waals surface area contributed by atoms with E-state index in [1.54, 1.807) is 0 Å². The predicted octanol–water partition coefficient (Wildman–Crippen LogP) is 3.37. The fraction of sp³-hybridized carbons (Fsp3) is 0.562. The van der Waals surface area contributed by atoms with Crippen molar-refractivity contribution in [2.45, 2.75) is 46.2 Å². The van der Waals surface area contributed by atoms with Crippen molar-refractivity contribution in [3.05, 3.63) is 36.5 Å². The van der Waals surface area contributed by atoms with Crippen LogP contribution in [0.2, 0.25) is 0 Å². The van der Waals surface area contributed by atoms with E-state index < -0.39 is 0 Å². The minimum absolute atomic E-state index is 0.112. The first-order valence-electron chi connectivity index (χ1n) is 7.02. The van der Waals surface area contributed by atoms with Crippen LogP contribution in [0.4, 0.5) is 5.82 Å². The number of anilines is 1. The van der Waals surface area contributed by atoms with Crippen molar-refractivity contribution in [2.75, 3.05) is 18.0 Å². The Balaban J connectivity index is 2.89. The number of aromatic nitrogens is 1. The zero-order valence-electron chi connectivity index (χ0n) is 12.7. The molecule has 106 valence electrons. The van der Waals surface area contributed by atoms with Crippen LogP contribution in [0.3, 0.4) is 0 Å². The van der Waals surface area contributed by atoms with Gasteiger partial charge in [-0.2, -0.15) is 0 Å². The number of hydrogen-bond donors (Lipinski definition) is 1. The summed E-state index contributed by atoms with van der Waals surface area (Å²) in [5, 5.41) is 3.53. The van der Waals surface area contributed by atoms with Crippen molar-refractivity contribution in [2.24, 2.45) is 0 Å². The molecule has 1 rings (SSSR count). The van der Waals surface area contributed by atoms with Gasteiger partial charge in [-0.1, -0.05) is 19.1 Å². The fourth-order valence-electron chi connectivity index (χ4n) is 1.92. The number of pyridine rings is 1. The van der Waals surface area contributed by atoms with Gasteiger partial charge < -0.3 is 10.2 Å². The summed E-state index contributed by atoms with van der Waals surface area (Å²) in [5.74, 6) is 1.07. The second-order valence-corrected chi connectivity index (χ2v) is 5.82. The first-order valence-corrected chi connectivity index (χ1v) is 7.02. The van der Waals surface area contributed by atoms with Gasteiger partial charge in [-0.15, -0.1) is 6.58 Å². The first kappa shape index (κ1) is 15.7. The minimum Gasteiger partial charge on any atom is -0.353 e. The predicted molar refractivity (Wildman–Crippen MR) is 83.5 cm³/mol. The molecule has 19 heavy (non-hydrogen) atoms. The lowest BCUT2D eigenvalue weighted by molar-refractivity contribution is 0.424. The van der Waals surface area contributed by atoms with Gasteiger partial charge in [-0.25, -0.2) is 4.98 Å². The van der Waals surface area contributed by atoms with Crippen LogP contribution in [0.1, 0.15) is 39.7 Å². The highest BCUT2D eigenvalue weighted by atomic mass is 15.2. The monoisotopic (exact) mass is 261 g/mol. The van der Waals surface area contributed by atoms with Crippen molar-refractivity contribution < 1.29 is 0 Å². The maximum atomic E-state index is 4.56. The molecule has 0 aliphatic carbocycles. The molecule has 0 aliphatic rings. The van der Waals surface area contributed by atoms with Crippen LogP contribution >= 0.6 is 0 Å². The minimum atomic E-state index is 0.112. The van der Waals surface area contributed by atoms with Crippen LogP contribution in [0, 0.1) is 0 Å². The van der Waals surface area contributed by atoms with Crippen LogP contribution in [-0.4, -0.2) is 23.6 Å². The summed E-state index contributed by atoms with van der Waals surface area (Å²) in [4.78, 5) is 6.84. The molecule has 0 bridgehead atoms. The van der Waals surface area contributed by atoms with Gasteiger partial charge in [0.25, 0.3) is 0 Å². The van der Waals surface area contributed by atoms with E-state index >= 15 is 0 Å². The van der Waals surface area contributed by atoms with Crippen LogP contribution < -0.4 is 10.2 Å². The third-order valence-corrected chi connectivity index (χ3v) is 2.82. The molecule has 3 heteroatoms. The van der Waals surface area contributed by atoms with Crippen molar-refractivity contribution >= 4 is 5.82 Å². The average Bonchev–Trinajstić information content (AvgIpc) is 2.36. The molecule has 0 aliphatic heterocycles. The number of rotatable bonds is 7. The van der Waals surface area contributed by atoms with Gasteiger partial charge in [0.1, 0.15) is 5.82 Å². The smallest absolute Gasteiger partial charge is 0.133 e. The van der Waals surface area contributed by atoms with Gasteiger partial charge in [0.05, 0.1) is 0 Å².